The molecule has 0 atom stereocenters. The predicted molar refractivity (Wildman–Crippen MR) is 104 cm³/mol. The van der Waals surface area contributed by atoms with Gasteiger partial charge in [0.15, 0.2) is 26.9 Å². The molecule has 2 heterocycles. The number of fused-ring (bicyclic) bond motifs is 1. The molecule has 0 aliphatic heterocycles. The Bertz CT molecular complexity index is 1020. The van der Waals surface area contributed by atoms with E-state index in [4.69, 9.17) is 10.7 Å². The van der Waals surface area contributed by atoms with Gasteiger partial charge in [0.2, 0.25) is 0 Å². The standard InChI is InChI=1S/C18H14BrN5S/c19-17-21-14-15(20)22-18(25-13-9-5-2-6-10-13)23-16(14)24(17)11-12-7-3-1-4-8-12/h1-10H,11H2,(H2,20,22,23). The van der Waals surface area contributed by atoms with E-state index in [1.807, 2.05) is 53.1 Å². The van der Waals surface area contributed by atoms with E-state index in [0.717, 1.165) is 16.1 Å². The first kappa shape index (κ1) is 16.1. The molecule has 4 aromatic rings. The number of hydrogen-bond donors (Lipinski definition) is 1. The third-order valence-corrected chi connectivity index (χ3v) is 5.17. The molecule has 5 nitrogen and oxygen atoms in total. The number of benzene rings is 2. The van der Waals surface area contributed by atoms with Crippen LogP contribution in [0.15, 0.2) is 75.4 Å². The van der Waals surface area contributed by atoms with Gasteiger partial charge in [0.05, 0.1) is 6.54 Å². The normalized spacial score (nSPS) is 11.1. The number of nitrogens with zero attached hydrogens (tertiary/aromatic N) is 4. The zero-order valence-corrected chi connectivity index (χ0v) is 15.5. The zero-order valence-electron chi connectivity index (χ0n) is 13.1. The minimum Gasteiger partial charge on any atom is -0.382 e. The molecule has 25 heavy (non-hydrogen) atoms. The summed E-state index contributed by atoms with van der Waals surface area (Å²) in [6.45, 7) is 0.657. The smallest absolute Gasteiger partial charge is 0.196 e. The largest absolute Gasteiger partial charge is 0.382 e. The first-order valence-corrected chi connectivity index (χ1v) is 9.28. The first-order chi connectivity index (χ1) is 12.2. The summed E-state index contributed by atoms with van der Waals surface area (Å²) in [5, 5.41) is 0.609. The number of imidazole rings is 1. The average molecular weight is 412 g/mol. The van der Waals surface area contributed by atoms with Crippen molar-refractivity contribution < 1.29 is 0 Å². The molecule has 0 aliphatic rings. The lowest BCUT2D eigenvalue weighted by Crippen LogP contribution is -2.03. The Kier molecular flexibility index (Phi) is 4.42. The van der Waals surface area contributed by atoms with Crippen molar-refractivity contribution >= 4 is 44.7 Å². The predicted octanol–water partition coefficient (Wildman–Crippen LogP) is 4.37. The number of rotatable bonds is 4. The summed E-state index contributed by atoms with van der Waals surface area (Å²) in [5.74, 6) is 0.385. The lowest BCUT2D eigenvalue weighted by molar-refractivity contribution is 0.783. The maximum Gasteiger partial charge on any atom is 0.196 e. The average Bonchev–Trinajstić information content (AvgIpc) is 2.94. The molecular formula is C18H14BrN5S. The van der Waals surface area contributed by atoms with E-state index in [9.17, 15) is 0 Å². The fourth-order valence-corrected chi connectivity index (χ4v) is 3.77. The molecule has 0 bridgehead atoms. The van der Waals surface area contributed by atoms with E-state index in [1.165, 1.54) is 11.8 Å². The van der Waals surface area contributed by atoms with E-state index < -0.39 is 0 Å². The SMILES string of the molecule is Nc1nc(Sc2ccccc2)nc2c1nc(Br)n2Cc1ccccc1. The van der Waals surface area contributed by atoms with Crippen molar-refractivity contribution in [2.24, 2.45) is 0 Å². The van der Waals surface area contributed by atoms with Crippen LogP contribution in [0.1, 0.15) is 5.56 Å². The Hall–Kier alpha value is -2.38. The Labute approximate surface area is 157 Å². The number of nitrogen functional groups attached to an aromatic ring is 1. The van der Waals surface area contributed by atoms with Crippen LogP contribution in [0.25, 0.3) is 11.2 Å². The molecule has 2 N–H and O–H groups in total. The van der Waals surface area contributed by atoms with Crippen LogP contribution in [-0.4, -0.2) is 19.5 Å². The summed E-state index contributed by atoms with van der Waals surface area (Å²) in [6, 6.07) is 20.2. The van der Waals surface area contributed by atoms with Crippen LogP contribution >= 0.6 is 27.7 Å². The number of nitrogens with two attached hydrogens (primary N) is 1. The third kappa shape index (κ3) is 3.38. The van der Waals surface area contributed by atoms with Gasteiger partial charge in [-0.25, -0.2) is 15.0 Å². The van der Waals surface area contributed by atoms with Gasteiger partial charge in [-0.15, -0.1) is 0 Å². The monoisotopic (exact) mass is 411 g/mol. The molecule has 0 radical (unpaired) electrons. The number of halogens is 1. The molecule has 7 heteroatoms. The van der Waals surface area contributed by atoms with E-state index >= 15 is 0 Å². The molecule has 2 aromatic heterocycles. The lowest BCUT2D eigenvalue weighted by atomic mass is 10.2. The molecule has 0 saturated heterocycles. The van der Waals surface area contributed by atoms with Gasteiger partial charge >= 0.3 is 0 Å². The second kappa shape index (κ2) is 6.85. The highest BCUT2D eigenvalue weighted by atomic mass is 79.9. The molecule has 124 valence electrons. The highest BCUT2D eigenvalue weighted by molar-refractivity contribution is 9.10. The molecule has 0 unspecified atom stereocenters. The van der Waals surface area contributed by atoms with E-state index in [-0.39, 0.29) is 0 Å². The van der Waals surface area contributed by atoms with Crippen molar-refractivity contribution in [2.75, 3.05) is 5.73 Å². The molecule has 0 fully saturated rings. The van der Waals surface area contributed by atoms with Gasteiger partial charge in [0, 0.05) is 4.90 Å². The topological polar surface area (TPSA) is 69.6 Å². The summed E-state index contributed by atoms with van der Waals surface area (Å²) < 4.78 is 2.69. The highest BCUT2D eigenvalue weighted by Gasteiger charge is 2.16. The van der Waals surface area contributed by atoms with Gasteiger partial charge in [-0.05, 0) is 45.4 Å². The molecule has 0 amide bonds. The van der Waals surface area contributed by atoms with Gasteiger partial charge in [0.25, 0.3) is 0 Å². The Morgan fingerprint density at radius 3 is 2.32 bits per heavy atom. The van der Waals surface area contributed by atoms with Crippen LogP contribution in [-0.2, 0) is 6.54 Å². The van der Waals surface area contributed by atoms with Crippen LogP contribution < -0.4 is 5.73 Å². The summed E-state index contributed by atoms with van der Waals surface area (Å²) in [7, 11) is 0. The van der Waals surface area contributed by atoms with Gasteiger partial charge in [-0.1, -0.05) is 48.5 Å². The van der Waals surface area contributed by atoms with Gasteiger partial charge in [-0.2, -0.15) is 0 Å². The quantitative estimate of drug-likeness (QED) is 0.398. The maximum absolute atomic E-state index is 6.13. The van der Waals surface area contributed by atoms with Crippen molar-refractivity contribution in [3.63, 3.8) is 0 Å². The molecule has 2 aromatic carbocycles. The maximum atomic E-state index is 6.13. The third-order valence-electron chi connectivity index (χ3n) is 3.69. The van der Waals surface area contributed by atoms with Gasteiger partial charge in [0.1, 0.15) is 0 Å². The van der Waals surface area contributed by atoms with Crippen LogP contribution in [0.3, 0.4) is 0 Å². The summed E-state index contributed by atoms with van der Waals surface area (Å²) in [5.41, 5.74) is 8.62. The van der Waals surface area contributed by atoms with Crippen molar-refractivity contribution in [3.8, 4) is 0 Å². The highest BCUT2D eigenvalue weighted by Crippen LogP contribution is 2.29. The lowest BCUT2D eigenvalue weighted by Gasteiger charge is -2.07. The second-order valence-corrected chi connectivity index (χ2v) is 7.18. The Morgan fingerprint density at radius 2 is 1.60 bits per heavy atom. The van der Waals surface area contributed by atoms with Crippen molar-refractivity contribution in [1.29, 1.82) is 0 Å². The molecule has 0 spiro atoms. The summed E-state index contributed by atoms with van der Waals surface area (Å²) in [4.78, 5) is 14.6. The first-order valence-electron chi connectivity index (χ1n) is 7.67. The van der Waals surface area contributed by atoms with Crippen molar-refractivity contribution in [1.82, 2.24) is 19.5 Å². The van der Waals surface area contributed by atoms with E-state index in [2.05, 4.69) is 38.0 Å². The van der Waals surface area contributed by atoms with Crippen LogP contribution in [0.2, 0.25) is 0 Å². The van der Waals surface area contributed by atoms with Crippen LogP contribution in [0.5, 0.6) is 0 Å². The zero-order chi connectivity index (χ0) is 17.2. The van der Waals surface area contributed by atoms with Crippen molar-refractivity contribution in [3.05, 3.63) is 71.0 Å². The van der Waals surface area contributed by atoms with Crippen LogP contribution in [0, 0.1) is 0 Å². The molecular weight excluding hydrogens is 398 g/mol. The number of hydrogen-bond acceptors (Lipinski definition) is 5. The molecule has 0 saturated carbocycles. The minimum atomic E-state index is 0.385. The fraction of sp³-hybridized carbons (Fsp3) is 0.0556. The Morgan fingerprint density at radius 1 is 0.920 bits per heavy atom. The molecule has 0 aliphatic carbocycles. The number of anilines is 1. The summed E-state index contributed by atoms with van der Waals surface area (Å²) in [6.07, 6.45) is 0. The Balaban J connectivity index is 1.77. The van der Waals surface area contributed by atoms with Gasteiger partial charge < -0.3 is 5.73 Å². The second-order valence-electron chi connectivity index (χ2n) is 5.43. The summed E-state index contributed by atoms with van der Waals surface area (Å²) >= 11 is 5.00. The minimum absolute atomic E-state index is 0.385. The van der Waals surface area contributed by atoms with Gasteiger partial charge in [-0.3, -0.25) is 4.57 Å². The number of aromatic nitrogens is 4. The van der Waals surface area contributed by atoms with Crippen LogP contribution in [0.4, 0.5) is 5.82 Å². The van der Waals surface area contributed by atoms with Crippen molar-refractivity contribution in [2.45, 2.75) is 16.6 Å². The van der Waals surface area contributed by atoms with E-state index in [0.29, 0.717) is 27.8 Å². The fourth-order valence-electron chi connectivity index (χ4n) is 2.52. The van der Waals surface area contributed by atoms with E-state index in [1.54, 1.807) is 0 Å². The molecule has 4 rings (SSSR count).